The lowest BCUT2D eigenvalue weighted by Gasteiger charge is -2.15. The summed E-state index contributed by atoms with van der Waals surface area (Å²) in [6.07, 6.45) is 1.59. The minimum atomic E-state index is -3.36. The molecule has 2 aromatic carbocycles. The van der Waals surface area contributed by atoms with Crippen molar-refractivity contribution in [2.75, 3.05) is 6.61 Å². The average molecular weight is 345 g/mol. The Kier molecular flexibility index (Phi) is 4.92. The van der Waals surface area contributed by atoms with E-state index in [0.29, 0.717) is 6.42 Å². The van der Waals surface area contributed by atoms with Crippen molar-refractivity contribution < 1.29 is 13.2 Å². The highest BCUT2D eigenvalue weighted by Gasteiger charge is 2.17. The van der Waals surface area contributed by atoms with E-state index in [4.69, 9.17) is 4.74 Å². The van der Waals surface area contributed by atoms with Gasteiger partial charge in [0.2, 0.25) is 10.0 Å². The maximum absolute atomic E-state index is 12.4. The van der Waals surface area contributed by atoms with Crippen molar-refractivity contribution >= 4 is 10.0 Å². The van der Waals surface area contributed by atoms with Crippen molar-refractivity contribution in [3.05, 3.63) is 64.7 Å². The van der Waals surface area contributed by atoms with Crippen LogP contribution in [0.2, 0.25) is 0 Å². The molecule has 0 spiro atoms. The molecule has 1 N–H and O–H groups in total. The quantitative estimate of drug-likeness (QED) is 0.876. The molecule has 0 fully saturated rings. The van der Waals surface area contributed by atoms with Gasteiger partial charge in [-0.05, 0) is 43.0 Å². The fraction of sp³-hybridized carbons (Fsp3) is 0.368. The largest absolute Gasteiger partial charge is 0.493 e. The molecule has 1 heterocycles. The molecule has 0 bridgehead atoms. The molecule has 2 aromatic rings. The topological polar surface area (TPSA) is 55.4 Å². The maximum Gasteiger partial charge on any atom is 0.216 e. The summed E-state index contributed by atoms with van der Waals surface area (Å²) in [5.74, 6) is 0.961. The second-order valence-corrected chi connectivity index (χ2v) is 8.27. The molecule has 128 valence electrons. The molecular weight excluding hydrogens is 322 g/mol. The van der Waals surface area contributed by atoms with Crippen molar-refractivity contribution in [2.45, 2.75) is 38.5 Å². The van der Waals surface area contributed by atoms with Gasteiger partial charge in [0.1, 0.15) is 5.75 Å². The maximum atomic E-state index is 12.4. The zero-order valence-corrected chi connectivity index (χ0v) is 14.9. The molecule has 1 aliphatic heterocycles. The normalized spacial score (nSPS) is 14.9. The van der Waals surface area contributed by atoms with E-state index in [0.717, 1.165) is 35.5 Å². The van der Waals surface area contributed by atoms with Crippen molar-refractivity contribution in [3.8, 4) is 5.75 Å². The van der Waals surface area contributed by atoms with E-state index in [1.165, 1.54) is 5.56 Å². The highest BCUT2D eigenvalue weighted by atomic mass is 32.2. The van der Waals surface area contributed by atoms with E-state index in [-0.39, 0.29) is 11.8 Å². The summed E-state index contributed by atoms with van der Waals surface area (Å²) in [6, 6.07) is 13.6. The standard InChI is InChI=1S/C19H23NO3S/c1-14-4-3-5-17(10-14)13-24(21,22)20-15(2)11-16-6-7-19-18(12-16)8-9-23-19/h3-7,10,12,15,20H,8-9,11,13H2,1-2H3. The van der Waals surface area contributed by atoms with Crippen LogP contribution in [-0.4, -0.2) is 21.1 Å². The highest BCUT2D eigenvalue weighted by Crippen LogP contribution is 2.26. The summed E-state index contributed by atoms with van der Waals surface area (Å²) in [5.41, 5.74) is 4.22. The van der Waals surface area contributed by atoms with Gasteiger partial charge in [0.05, 0.1) is 12.4 Å². The van der Waals surface area contributed by atoms with E-state index in [2.05, 4.69) is 10.8 Å². The number of aryl methyl sites for hydroxylation is 1. The lowest BCUT2D eigenvalue weighted by molar-refractivity contribution is 0.357. The monoisotopic (exact) mass is 345 g/mol. The number of ether oxygens (including phenoxy) is 1. The van der Waals surface area contributed by atoms with E-state index < -0.39 is 10.0 Å². The minimum absolute atomic E-state index is 0.0110. The van der Waals surface area contributed by atoms with Crippen molar-refractivity contribution in [2.24, 2.45) is 0 Å². The Morgan fingerprint density at radius 1 is 1.17 bits per heavy atom. The van der Waals surface area contributed by atoms with E-state index in [1.54, 1.807) is 0 Å². The highest BCUT2D eigenvalue weighted by molar-refractivity contribution is 7.88. The number of benzene rings is 2. The van der Waals surface area contributed by atoms with E-state index in [1.807, 2.05) is 50.2 Å². The summed E-state index contributed by atoms with van der Waals surface area (Å²) in [6.45, 7) is 4.60. The molecule has 5 heteroatoms. The van der Waals surface area contributed by atoms with Gasteiger partial charge in [0, 0.05) is 12.5 Å². The molecular formula is C19H23NO3S. The number of sulfonamides is 1. The number of rotatable bonds is 6. The third-order valence-electron chi connectivity index (χ3n) is 4.12. The summed E-state index contributed by atoms with van der Waals surface area (Å²) in [7, 11) is -3.36. The van der Waals surface area contributed by atoms with Crippen molar-refractivity contribution in [1.29, 1.82) is 0 Å². The Morgan fingerprint density at radius 2 is 2.00 bits per heavy atom. The van der Waals surface area contributed by atoms with Gasteiger partial charge in [0.15, 0.2) is 0 Å². The van der Waals surface area contributed by atoms with Gasteiger partial charge in [0.25, 0.3) is 0 Å². The third kappa shape index (κ3) is 4.36. The fourth-order valence-corrected chi connectivity index (χ4v) is 4.53. The first-order valence-corrected chi connectivity index (χ1v) is 9.87. The third-order valence-corrected chi connectivity index (χ3v) is 5.59. The summed E-state index contributed by atoms with van der Waals surface area (Å²) < 4.78 is 33.0. The van der Waals surface area contributed by atoms with Crippen LogP contribution < -0.4 is 9.46 Å². The number of hydrogen-bond donors (Lipinski definition) is 1. The van der Waals surface area contributed by atoms with E-state index in [9.17, 15) is 8.42 Å². The van der Waals surface area contributed by atoms with Crippen LogP contribution in [0.1, 0.15) is 29.2 Å². The van der Waals surface area contributed by atoms with Crippen LogP contribution >= 0.6 is 0 Å². The fourth-order valence-electron chi connectivity index (χ4n) is 3.13. The molecule has 4 nitrogen and oxygen atoms in total. The van der Waals surface area contributed by atoms with Crippen LogP contribution in [0, 0.1) is 6.92 Å². The van der Waals surface area contributed by atoms with Crippen LogP contribution in [0.4, 0.5) is 0 Å². The molecule has 0 aliphatic carbocycles. The van der Waals surface area contributed by atoms with Crippen LogP contribution in [0.15, 0.2) is 42.5 Å². The first-order valence-electron chi connectivity index (χ1n) is 8.21. The smallest absolute Gasteiger partial charge is 0.216 e. The predicted molar refractivity (Wildman–Crippen MR) is 95.7 cm³/mol. The second kappa shape index (κ2) is 6.95. The molecule has 0 saturated carbocycles. The Morgan fingerprint density at radius 3 is 2.79 bits per heavy atom. The average Bonchev–Trinajstić information content (AvgIpc) is 2.93. The molecule has 0 saturated heterocycles. The lowest BCUT2D eigenvalue weighted by Crippen LogP contribution is -2.35. The van der Waals surface area contributed by atoms with Crippen LogP contribution in [0.5, 0.6) is 5.75 Å². The Bertz CT molecular complexity index is 830. The first-order chi connectivity index (χ1) is 11.4. The zero-order chi connectivity index (χ0) is 17.2. The van der Waals surface area contributed by atoms with Gasteiger partial charge in [-0.3, -0.25) is 0 Å². The SMILES string of the molecule is Cc1cccc(CS(=O)(=O)NC(C)Cc2ccc3c(c2)CCO3)c1. The van der Waals surface area contributed by atoms with Crippen LogP contribution in [0.3, 0.4) is 0 Å². The van der Waals surface area contributed by atoms with Gasteiger partial charge in [-0.15, -0.1) is 0 Å². The van der Waals surface area contributed by atoms with Gasteiger partial charge >= 0.3 is 0 Å². The molecule has 1 atom stereocenters. The van der Waals surface area contributed by atoms with Gasteiger partial charge < -0.3 is 4.74 Å². The molecule has 24 heavy (non-hydrogen) atoms. The molecule has 0 amide bonds. The Labute approximate surface area is 143 Å². The van der Waals surface area contributed by atoms with Gasteiger partial charge in [-0.25, -0.2) is 13.1 Å². The Hall–Kier alpha value is -1.85. The molecule has 0 radical (unpaired) electrons. The Balaban J connectivity index is 1.62. The summed E-state index contributed by atoms with van der Waals surface area (Å²) in [4.78, 5) is 0. The zero-order valence-electron chi connectivity index (χ0n) is 14.1. The minimum Gasteiger partial charge on any atom is -0.493 e. The number of fused-ring (bicyclic) bond motifs is 1. The molecule has 1 aliphatic rings. The molecule has 1 unspecified atom stereocenters. The van der Waals surface area contributed by atoms with Crippen LogP contribution in [-0.2, 0) is 28.6 Å². The molecule has 0 aromatic heterocycles. The predicted octanol–water partition coefficient (Wildman–Crippen LogP) is 2.98. The van der Waals surface area contributed by atoms with E-state index >= 15 is 0 Å². The molecule has 3 rings (SSSR count). The second-order valence-electron chi connectivity index (χ2n) is 6.51. The summed E-state index contributed by atoms with van der Waals surface area (Å²) >= 11 is 0. The lowest BCUT2D eigenvalue weighted by atomic mass is 10.0. The number of nitrogens with one attached hydrogen (secondary N) is 1. The first kappa shape index (κ1) is 17.0. The van der Waals surface area contributed by atoms with Gasteiger partial charge in [-0.1, -0.05) is 42.0 Å². The van der Waals surface area contributed by atoms with Crippen molar-refractivity contribution in [1.82, 2.24) is 4.72 Å². The summed E-state index contributed by atoms with van der Waals surface area (Å²) in [5, 5.41) is 0. The van der Waals surface area contributed by atoms with Gasteiger partial charge in [-0.2, -0.15) is 0 Å². The number of hydrogen-bond acceptors (Lipinski definition) is 3. The van der Waals surface area contributed by atoms with Crippen LogP contribution in [0.25, 0.3) is 0 Å². The van der Waals surface area contributed by atoms with Crippen molar-refractivity contribution in [3.63, 3.8) is 0 Å².